The number of nitrogens with one attached hydrogen (secondary N) is 1. The van der Waals surface area contributed by atoms with Gasteiger partial charge in [-0.15, -0.1) is 0 Å². The summed E-state index contributed by atoms with van der Waals surface area (Å²) in [5, 5.41) is 0.465. The Bertz CT molecular complexity index is 522. The van der Waals surface area contributed by atoms with Gasteiger partial charge in [0.25, 0.3) is 5.56 Å². The Morgan fingerprint density at radius 2 is 2.35 bits per heavy atom. The molecule has 0 saturated carbocycles. The van der Waals surface area contributed by atoms with Gasteiger partial charge in [-0.3, -0.25) is 4.79 Å². The lowest BCUT2D eigenvalue weighted by Crippen LogP contribution is -2.22. The van der Waals surface area contributed by atoms with Crippen molar-refractivity contribution >= 4 is 11.8 Å². The molecule has 2 rings (SSSR count). The fraction of sp³-hybridized carbons (Fsp3) is 0.273. The molecule has 2 unspecified atom stereocenters. The van der Waals surface area contributed by atoms with E-state index in [2.05, 4.69) is 9.97 Å². The molecular weight excluding hydrogens is 238 g/mol. The summed E-state index contributed by atoms with van der Waals surface area (Å²) in [5.74, 6) is 0.775. The molecule has 0 aliphatic rings. The Kier molecular flexibility index (Phi) is 3.65. The number of thioether (sulfide) groups is 1. The molecule has 5 nitrogen and oxygen atoms in total. The predicted molar refractivity (Wildman–Crippen MR) is 65.8 cm³/mol. The van der Waals surface area contributed by atoms with E-state index in [9.17, 15) is 4.79 Å². The topological polar surface area (TPSA) is 84.9 Å². The third-order valence-electron chi connectivity index (χ3n) is 2.19. The minimum Gasteiger partial charge on any atom is -0.468 e. The molecular formula is C11H13N3O2S. The Morgan fingerprint density at radius 1 is 1.53 bits per heavy atom. The Balaban J connectivity index is 2.22. The molecule has 2 heterocycles. The molecule has 0 spiro atoms. The van der Waals surface area contributed by atoms with Crippen LogP contribution in [-0.2, 0) is 0 Å². The predicted octanol–water partition coefficient (Wildman–Crippen LogP) is 1.54. The molecule has 0 fully saturated rings. The van der Waals surface area contributed by atoms with Crippen molar-refractivity contribution in [3.63, 3.8) is 0 Å². The molecule has 2 aromatic rings. The van der Waals surface area contributed by atoms with Crippen LogP contribution in [0.1, 0.15) is 17.9 Å². The second-order valence-corrected chi connectivity index (χ2v) is 4.78. The smallest absolute Gasteiger partial charge is 0.251 e. The van der Waals surface area contributed by atoms with E-state index in [0.717, 1.165) is 5.76 Å². The molecule has 6 heteroatoms. The zero-order valence-electron chi connectivity index (χ0n) is 9.29. The normalized spacial score (nSPS) is 14.5. The monoisotopic (exact) mass is 251 g/mol. The number of aromatic amines is 1. The summed E-state index contributed by atoms with van der Waals surface area (Å²) in [6, 6.07) is 4.93. The first-order valence-electron chi connectivity index (χ1n) is 5.18. The Labute approximate surface area is 102 Å². The van der Waals surface area contributed by atoms with Crippen LogP contribution in [0.5, 0.6) is 0 Å². The third-order valence-corrected chi connectivity index (χ3v) is 3.53. The van der Waals surface area contributed by atoms with Crippen LogP contribution in [0.25, 0.3) is 0 Å². The number of hydrogen-bond acceptors (Lipinski definition) is 5. The van der Waals surface area contributed by atoms with Crippen molar-refractivity contribution in [2.75, 3.05) is 0 Å². The minimum absolute atomic E-state index is 0.0736. The van der Waals surface area contributed by atoms with Crippen LogP contribution < -0.4 is 11.3 Å². The molecule has 3 N–H and O–H groups in total. The van der Waals surface area contributed by atoms with E-state index in [-0.39, 0.29) is 16.9 Å². The van der Waals surface area contributed by atoms with E-state index in [4.69, 9.17) is 10.2 Å². The Morgan fingerprint density at radius 3 is 2.94 bits per heavy atom. The fourth-order valence-electron chi connectivity index (χ4n) is 1.41. The highest BCUT2D eigenvalue weighted by atomic mass is 32.2. The SMILES string of the molecule is CC(N)C(Sc1nccc(=O)[nH]1)c1ccco1. The van der Waals surface area contributed by atoms with E-state index < -0.39 is 0 Å². The molecule has 0 radical (unpaired) electrons. The average molecular weight is 251 g/mol. The quantitative estimate of drug-likeness (QED) is 0.636. The van der Waals surface area contributed by atoms with Crippen molar-refractivity contribution in [1.82, 2.24) is 9.97 Å². The van der Waals surface area contributed by atoms with Gasteiger partial charge >= 0.3 is 0 Å². The molecule has 0 amide bonds. The van der Waals surface area contributed by atoms with Gasteiger partial charge in [0.05, 0.1) is 11.5 Å². The molecule has 0 bridgehead atoms. The van der Waals surface area contributed by atoms with Crippen LogP contribution in [0, 0.1) is 0 Å². The highest BCUT2D eigenvalue weighted by molar-refractivity contribution is 7.99. The first kappa shape index (κ1) is 11.9. The van der Waals surface area contributed by atoms with Gasteiger partial charge in [-0.05, 0) is 19.1 Å². The summed E-state index contributed by atoms with van der Waals surface area (Å²) in [4.78, 5) is 17.9. The number of nitrogens with two attached hydrogens (primary N) is 1. The van der Waals surface area contributed by atoms with Gasteiger partial charge in [0.2, 0.25) is 0 Å². The maximum atomic E-state index is 11.2. The fourth-order valence-corrected chi connectivity index (χ4v) is 2.40. The van der Waals surface area contributed by atoms with Crippen molar-refractivity contribution in [2.24, 2.45) is 5.73 Å². The molecule has 0 saturated heterocycles. The summed E-state index contributed by atoms with van der Waals surface area (Å²) in [6.45, 7) is 1.89. The number of aromatic nitrogens is 2. The standard InChI is InChI=1S/C11H13N3O2S/c1-7(12)10(8-3-2-6-16-8)17-11-13-5-4-9(15)14-11/h2-7,10H,12H2,1H3,(H,13,14,15). The highest BCUT2D eigenvalue weighted by Crippen LogP contribution is 2.34. The van der Waals surface area contributed by atoms with Crippen molar-refractivity contribution < 1.29 is 4.42 Å². The second kappa shape index (κ2) is 5.20. The first-order valence-corrected chi connectivity index (χ1v) is 6.06. The molecule has 2 aromatic heterocycles. The van der Waals surface area contributed by atoms with Gasteiger partial charge in [-0.25, -0.2) is 4.98 Å². The van der Waals surface area contributed by atoms with Gasteiger partial charge in [-0.1, -0.05) is 11.8 Å². The van der Waals surface area contributed by atoms with E-state index >= 15 is 0 Å². The second-order valence-electron chi connectivity index (χ2n) is 3.65. The zero-order valence-corrected chi connectivity index (χ0v) is 10.1. The van der Waals surface area contributed by atoms with Crippen LogP contribution in [0.4, 0.5) is 0 Å². The maximum absolute atomic E-state index is 11.2. The van der Waals surface area contributed by atoms with Crippen molar-refractivity contribution in [3.8, 4) is 0 Å². The summed E-state index contributed by atoms with van der Waals surface area (Å²) >= 11 is 1.38. The van der Waals surface area contributed by atoms with Crippen LogP contribution >= 0.6 is 11.8 Å². The summed E-state index contributed by atoms with van der Waals surface area (Å²) < 4.78 is 5.34. The highest BCUT2D eigenvalue weighted by Gasteiger charge is 2.21. The Hall–Kier alpha value is -1.53. The molecule has 2 atom stereocenters. The average Bonchev–Trinajstić information content (AvgIpc) is 2.78. The maximum Gasteiger partial charge on any atom is 0.251 e. The lowest BCUT2D eigenvalue weighted by molar-refractivity contribution is 0.486. The molecule has 0 aromatic carbocycles. The summed E-state index contributed by atoms with van der Waals surface area (Å²) in [7, 11) is 0. The first-order chi connectivity index (χ1) is 8.16. The summed E-state index contributed by atoms with van der Waals surface area (Å²) in [6.07, 6.45) is 3.08. The van der Waals surface area contributed by atoms with E-state index in [1.807, 2.05) is 19.1 Å². The van der Waals surface area contributed by atoms with Crippen LogP contribution in [0.3, 0.4) is 0 Å². The van der Waals surface area contributed by atoms with Gasteiger partial charge in [0.15, 0.2) is 5.16 Å². The number of rotatable bonds is 4. The van der Waals surface area contributed by atoms with Crippen molar-refractivity contribution in [1.29, 1.82) is 0 Å². The zero-order chi connectivity index (χ0) is 12.3. The largest absolute Gasteiger partial charge is 0.468 e. The molecule has 0 aliphatic carbocycles. The van der Waals surface area contributed by atoms with Gasteiger partial charge in [0.1, 0.15) is 5.76 Å². The van der Waals surface area contributed by atoms with Gasteiger partial charge in [0, 0.05) is 18.3 Å². The third kappa shape index (κ3) is 2.98. The minimum atomic E-state index is -0.176. The van der Waals surface area contributed by atoms with Crippen LogP contribution in [-0.4, -0.2) is 16.0 Å². The van der Waals surface area contributed by atoms with Crippen LogP contribution in [0.15, 0.2) is 45.0 Å². The molecule has 17 heavy (non-hydrogen) atoms. The lowest BCUT2D eigenvalue weighted by atomic mass is 10.2. The van der Waals surface area contributed by atoms with Gasteiger partial charge < -0.3 is 15.1 Å². The van der Waals surface area contributed by atoms with Crippen LogP contribution in [0.2, 0.25) is 0 Å². The molecule has 90 valence electrons. The number of H-pyrrole nitrogens is 1. The number of furan rings is 1. The number of hydrogen-bond donors (Lipinski definition) is 2. The van der Waals surface area contributed by atoms with Crippen molar-refractivity contribution in [3.05, 3.63) is 46.8 Å². The molecule has 0 aliphatic heterocycles. The van der Waals surface area contributed by atoms with Gasteiger partial charge in [-0.2, -0.15) is 0 Å². The van der Waals surface area contributed by atoms with E-state index in [1.54, 1.807) is 6.26 Å². The van der Waals surface area contributed by atoms with Crippen molar-refractivity contribution in [2.45, 2.75) is 23.4 Å². The number of nitrogens with zero attached hydrogens (tertiary/aromatic N) is 1. The van der Waals surface area contributed by atoms with E-state index in [1.165, 1.54) is 24.0 Å². The lowest BCUT2D eigenvalue weighted by Gasteiger charge is -2.16. The summed E-state index contributed by atoms with van der Waals surface area (Å²) in [5.41, 5.74) is 5.74. The van der Waals surface area contributed by atoms with E-state index in [0.29, 0.717) is 5.16 Å².